The van der Waals surface area contributed by atoms with Gasteiger partial charge in [0.15, 0.2) is 0 Å². The van der Waals surface area contributed by atoms with E-state index in [0.29, 0.717) is 24.2 Å². The maximum atomic E-state index is 12.0. The lowest BCUT2D eigenvalue weighted by molar-refractivity contribution is -0.384. The number of aryl methyl sites for hydroxylation is 1. The number of likely N-dealkylation sites (tertiary alicyclic amines) is 1. The molecule has 17 heavy (non-hydrogen) atoms. The molecule has 0 spiro atoms. The second-order valence-corrected chi connectivity index (χ2v) is 4.23. The molecule has 1 aliphatic rings. The average Bonchev–Trinajstić information content (AvgIpc) is 2.23. The Morgan fingerprint density at radius 1 is 1.53 bits per heavy atom. The van der Waals surface area contributed by atoms with E-state index in [-0.39, 0.29) is 17.6 Å². The molecule has 0 aliphatic carbocycles. The van der Waals surface area contributed by atoms with Crippen LogP contribution in [0.1, 0.15) is 15.9 Å². The van der Waals surface area contributed by atoms with Crippen LogP contribution in [0, 0.1) is 17.0 Å². The minimum absolute atomic E-state index is 0.000592. The van der Waals surface area contributed by atoms with Crippen LogP contribution in [0.15, 0.2) is 18.2 Å². The topological polar surface area (TPSA) is 89.5 Å². The summed E-state index contributed by atoms with van der Waals surface area (Å²) in [7, 11) is 0. The summed E-state index contributed by atoms with van der Waals surface area (Å²) in [6.45, 7) is 2.80. The fraction of sp³-hybridized carbons (Fsp3) is 0.364. The molecule has 1 amide bonds. The molecule has 0 bridgehead atoms. The Morgan fingerprint density at radius 2 is 2.18 bits per heavy atom. The Hall–Kier alpha value is -1.95. The smallest absolute Gasteiger partial charge is 0.269 e. The Kier molecular flexibility index (Phi) is 2.81. The Balaban J connectivity index is 2.22. The fourth-order valence-electron chi connectivity index (χ4n) is 1.85. The van der Waals surface area contributed by atoms with Gasteiger partial charge in [-0.3, -0.25) is 14.9 Å². The first kappa shape index (κ1) is 11.5. The molecule has 6 nitrogen and oxygen atoms in total. The van der Waals surface area contributed by atoms with Crippen LogP contribution in [0.3, 0.4) is 0 Å². The molecule has 2 N–H and O–H groups in total. The van der Waals surface area contributed by atoms with Crippen LogP contribution < -0.4 is 5.73 Å². The van der Waals surface area contributed by atoms with Crippen LogP contribution in [0.2, 0.25) is 0 Å². The van der Waals surface area contributed by atoms with Crippen LogP contribution in [0.4, 0.5) is 5.69 Å². The van der Waals surface area contributed by atoms with Gasteiger partial charge in [0.05, 0.1) is 4.92 Å². The van der Waals surface area contributed by atoms with Gasteiger partial charge in [-0.05, 0) is 18.6 Å². The van der Waals surface area contributed by atoms with E-state index in [1.807, 2.05) is 0 Å². The van der Waals surface area contributed by atoms with Crippen LogP contribution in [-0.4, -0.2) is 34.9 Å². The lowest BCUT2D eigenvalue weighted by atomic mass is 10.0. The predicted octanol–water partition coefficient (Wildman–Crippen LogP) is 0.686. The van der Waals surface area contributed by atoms with E-state index >= 15 is 0 Å². The Labute approximate surface area is 98.2 Å². The lowest BCUT2D eigenvalue weighted by Crippen LogP contribution is -2.57. The van der Waals surface area contributed by atoms with Gasteiger partial charge in [0.2, 0.25) is 0 Å². The summed E-state index contributed by atoms with van der Waals surface area (Å²) in [4.78, 5) is 23.7. The van der Waals surface area contributed by atoms with E-state index in [9.17, 15) is 14.9 Å². The monoisotopic (exact) mass is 235 g/mol. The molecule has 1 heterocycles. The number of carbonyl (C=O) groups is 1. The van der Waals surface area contributed by atoms with Crippen molar-refractivity contribution >= 4 is 11.6 Å². The fourth-order valence-corrected chi connectivity index (χ4v) is 1.85. The van der Waals surface area contributed by atoms with Gasteiger partial charge in [-0.15, -0.1) is 0 Å². The quantitative estimate of drug-likeness (QED) is 0.603. The van der Waals surface area contributed by atoms with Crippen molar-refractivity contribution in [2.45, 2.75) is 13.0 Å². The molecule has 90 valence electrons. The third-order valence-electron chi connectivity index (χ3n) is 2.85. The van der Waals surface area contributed by atoms with Crippen molar-refractivity contribution in [2.24, 2.45) is 5.73 Å². The molecule has 0 unspecified atom stereocenters. The predicted molar refractivity (Wildman–Crippen MR) is 61.7 cm³/mol. The number of hydrogen-bond donors (Lipinski definition) is 1. The van der Waals surface area contributed by atoms with E-state index < -0.39 is 4.92 Å². The molecule has 0 atom stereocenters. The zero-order valence-corrected chi connectivity index (χ0v) is 9.42. The van der Waals surface area contributed by atoms with Gasteiger partial charge in [0.25, 0.3) is 11.6 Å². The number of nitro benzene ring substituents is 1. The molecule has 1 fully saturated rings. The minimum atomic E-state index is -0.471. The van der Waals surface area contributed by atoms with Gasteiger partial charge >= 0.3 is 0 Å². The maximum absolute atomic E-state index is 12.0. The summed E-state index contributed by atoms with van der Waals surface area (Å²) in [6.07, 6.45) is 0. The summed E-state index contributed by atoms with van der Waals surface area (Å²) < 4.78 is 0. The summed E-state index contributed by atoms with van der Waals surface area (Å²) in [5.74, 6) is -0.112. The summed E-state index contributed by atoms with van der Waals surface area (Å²) in [5, 5.41) is 10.6. The summed E-state index contributed by atoms with van der Waals surface area (Å²) in [6, 6.07) is 4.31. The molecule has 0 radical (unpaired) electrons. The zero-order valence-electron chi connectivity index (χ0n) is 9.42. The molecule has 1 aromatic rings. The molecule has 0 saturated carbocycles. The van der Waals surface area contributed by atoms with E-state index in [4.69, 9.17) is 5.73 Å². The van der Waals surface area contributed by atoms with E-state index in [0.717, 1.165) is 0 Å². The second kappa shape index (κ2) is 4.14. The number of carbonyl (C=O) groups excluding carboxylic acids is 1. The van der Waals surface area contributed by atoms with Crippen LogP contribution >= 0.6 is 0 Å². The van der Waals surface area contributed by atoms with Crippen molar-refractivity contribution in [2.75, 3.05) is 13.1 Å². The van der Waals surface area contributed by atoms with Crippen molar-refractivity contribution in [3.63, 3.8) is 0 Å². The normalized spacial score (nSPS) is 15.5. The molecule has 1 saturated heterocycles. The number of nitrogens with two attached hydrogens (primary N) is 1. The molecular formula is C11H13N3O3. The highest BCUT2D eigenvalue weighted by atomic mass is 16.6. The number of amides is 1. The lowest BCUT2D eigenvalue weighted by Gasteiger charge is -2.37. The molecule has 6 heteroatoms. The first-order valence-corrected chi connectivity index (χ1v) is 5.29. The highest BCUT2D eigenvalue weighted by Crippen LogP contribution is 2.20. The van der Waals surface area contributed by atoms with Crippen molar-refractivity contribution in [3.05, 3.63) is 39.4 Å². The first-order chi connectivity index (χ1) is 7.99. The number of nitrogens with zero attached hydrogens (tertiary/aromatic N) is 2. The second-order valence-electron chi connectivity index (χ2n) is 4.23. The number of benzene rings is 1. The van der Waals surface area contributed by atoms with Crippen LogP contribution in [-0.2, 0) is 0 Å². The van der Waals surface area contributed by atoms with E-state index in [1.54, 1.807) is 11.8 Å². The minimum Gasteiger partial charge on any atom is -0.335 e. The van der Waals surface area contributed by atoms with Gasteiger partial charge in [-0.1, -0.05) is 0 Å². The van der Waals surface area contributed by atoms with Crippen LogP contribution in [0.5, 0.6) is 0 Å². The molecule has 1 aromatic carbocycles. The highest BCUT2D eigenvalue weighted by Gasteiger charge is 2.29. The number of non-ortho nitro benzene ring substituents is 1. The average molecular weight is 235 g/mol. The van der Waals surface area contributed by atoms with Crippen molar-refractivity contribution in [1.82, 2.24) is 4.90 Å². The highest BCUT2D eigenvalue weighted by molar-refractivity contribution is 5.96. The molecule has 0 aromatic heterocycles. The Morgan fingerprint density at radius 3 is 2.65 bits per heavy atom. The molecule has 1 aliphatic heterocycles. The number of nitro groups is 1. The third-order valence-corrected chi connectivity index (χ3v) is 2.85. The van der Waals surface area contributed by atoms with E-state index in [2.05, 4.69) is 0 Å². The van der Waals surface area contributed by atoms with Gasteiger partial charge in [0.1, 0.15) is 0 Å². The molecule has 2 rings (SSSR count). The standard InChI is InChI=1S/C11H13N3O3/c1-7-4-9(14(16)17)2-3-10(7)11(15)13-5-8(12)6-13/h2-4,8H,5-6,12H2,1H3. The Bertz CT molecular complexity index is 481. The first-order valence-electron chi connectivity index (χ1n) is 5.29. The van der Waals surface area contributed by atoms with Gasteiger partial charge in [-0.2, -0.15) is 0 Å². The van der Waals surface area contributed by atoms with Gasteiger partial charge in [0, 0.05) is 36.8 Å². The van der Waals surface area contributed by atoms with Gasteiger partial charge < -0.3 is 10.6 Å². The van der Waals surface area contributed by atoms with Gasteiger partial charge in [-0.25, -0.2) is 0 Å². The maximum Gasteiger partial charge on any atom is 0.269 e. The number of hydrogen-bond acceptors (Lipinski definition) is 4. The zero-order chi connectivity index (χ0) is 12.6. The van der Waals surface area contributed by atoms with E-state index in [1.165, 1.54) is 18.2 Å². The summed E-state index contributed by atoms with van der Waals surface area (Å²) in [5.41, 5.74) is 6.72. The summed E-state index contributed by atoms with van der Waals surface area (Å²) >= 11 is 0. The van der Waals surface area contributed by atoms with Crippen molar-refractivity contribution in [1.29, 1.82) is 0 Å². The van der Waals surface area contributed by atoms with Crippen molar-refractivity contribution in [3.8, 4) is 0 Å². The molecular weight excluding hydrogens is 222 g/mol. The third kappa shape index (κ3) is 2.12. The SMILES string of the molecule is Cc1cc([N+](=O)[O-])ccc1C(=O)N1CC(N)C1. The van der Waals surface area contributed by atoms with Crippen LogP contribution in [0.25, 0.3) is 0 Å². The largest absolute Gasteiger partial charge is 0.335 e. The number of rotatable bonds is 2. The van der Waals surface area contributed by atoms with Crippen molar-refractivity contribution < 1.29 is 9.72 Å².